The van der Waals surface area contributed by atoms with Gasteiger partial charge in [0, 0.05) is 26.2 Å². The summed E-state index contributed by atoms with van der Waals surface area (Å²) in [7, 11) is 0. The maximum absolute atomic E-state index is 11.5. The van der Waals surface area contributed by atoms with Crippen molar-refractivity contribution in [2.24, 2.45) is 0 Å². The summed E-state index contributed by atoms with van der Waals surface area (Å²) in [6, 6.07) is 1.77. The number of carbonyl (C=O) groups is 1. The first kappa shape index (κ1) is 11.0. The Morgan fingerprint density at radius 1 is 1.64 bits per heavy atom. The van der Waals surface area contributed by atoms with Gasteiger partial charge in [-0.2, -0.15) is 5.26 Å². The Morgan fingerprint density at radius 2 is 2.29 bits per heavy atom. The van der Waals surface area contributed by atoms with Crippen molar-refractivity contribution in [1.82, 2.24) is 15.5 Å². The molecule has 5 heteroatoms. The highest BCUT2D eigenvalue weighted by molar-refractivity contribution is 5.78. The van der Waals surface area contributed by atoms with Gasteiger partial charge < -0.3 is 10.2 Å². The van der Waals surface area contributed by atoms with Gasteiger partial charge >= 0.3 is 0 Å². The summed E-state index contributed by atoms with van der Waals surface area (Å²) in [6.45, 7) is 5.25. The number of carbonyl (C=O) groups excluding carboxylic acids is 1. The van der Waals surface area contributed by atoms with E-state index in [-0.39, 0.29) is 18.5 Å². The lowest BCUT2D eigenvalue weighted by Gasteiger charge is -2.27. The van der Waals surface area contributed by atoms with Crippen molar-refractivity contribution in [3.05, 3.63) is 0 Å². The molecule has 5 nitrogen and oxygen atoms in total. The van der Waals surface area contributed by atoms with E-state index >= 15 is 0 Å². The monoisotopic (exact) mass is 196 g/mol. The molecule has 1 atom stereocenters. The molecule has 0 aromatic carbocycles. The fraction of sp³-hybridized carbons (Fsp3) is 0.778. The average Bonchev–Trinajstić information content (AvgIpc) is 2.26. The molecule has 0 aliphatic carbocycles. The van der Waals surface area contributed by atoms with E-state index < -0.39 is 0 Å². The molecular weight excluding hydrogens is 180 g/mol. The topological polar surface area (TPSA) is 68.2 Å². The van der Waals surface area contributed by atoms with E-state index in [1.54, 1.807) is 6.92 Å². The number of nitrogens with zero attached hydrogens (tertiary/aromatic N) is 2. The van der Waals surface area contributed by atoms with Gasteiger partial charge in [0.05, 0.1) is 18.7 Å². The zero-order chi connectivity index (χ0) is 10.4. The van der Waals surface area contributed by atoms with Crippen molar-refractivity contribution < 1.29 is 4.79 Å². The molecule has 1 aliphatic heterocycles. The maximum atomic E-state index is 11.5. The summed E-state index contributed by atoms with van der Waals surface area (Å²) in [5.74, 6) is 0.0774. The van der Waals surface area contributed by atoms with E-state index in [0.29, 0.717) is 0 Å². The molecule has 0 saturated carbocycles. The second kappa shape index (κ2) is 5.58. The number of amides is 1. The molecule has 1 heterocycles. The molecule has 1 fully saturated rings. The third kappa shape index (κ3) is 3.32. The largest absolute Gasteiger partial charge is 0.339 e. The summed E-state index contributed by atoms with van der Waals surface area (Å²) in [4.78, 5) is 13.4. The lowest BCUT2D eigenvalue weighted by atomic mass is 10.3. The van der Waals surface area contributed by atoms with Crippen LogP contribution in [-0.2, 0) is 4.79 Å². The molecule has 1 rings (SSSR count). The molecule has 14 heavy (non-hydrogen) atoms. The summed E-state index contributed by atoms with van der Waals surface area (Å²) >= 11 is 0. The Kier molecular flexibility index (Phi) is 4.36. The molecular formula is C9H16N4O. The number of rotatable bonds is 3. The van der Waals surface area contributed by atoms with Crippen molar-refractivity contribution in [1.29, 1.82) is 5.26 Å². The molecule has 0 bridgehead atoms. The Bertz CT molecular complexity index is 229. The van der Waals surface area contributed by atoms with Crippen LogP contribution in [0.5, 0.6) is 0 Å². The van der Waals surface area contributed by atoms with E-state index in [1.807, 2.05) is 11.0 Å². The van der Waals surface area contributed by atoms with Gasteiger partial charge in [-0.3, -0.25) is 10.1 Å². The Balaban J connectivity index is 2.24. The molecule has 1 saturated heterocycles. The lowest BCUT2D eigenvalue weighted by Crippen LogP contribution is -2.49. The van der Waals surface area contributed by atoms with Gasteiger partial charge in [0.25, 0.3) is 0 Å². The quantitative estimate of drug-likeness (QED) is 0.602. The van der Waals surface area contributed by atoms with Gasteiger partial charge in [-0.25, -0.2) is 0 Å². The van der Waals surface area contributed by atoms with Gasteiger partial charge in [-0.05, 0) is 6.92 Å². The molecule has 0 radical (unpaired) electrons. The first-order chi connectivity index (χ1) is 6.74. The first-order valence-electron chi connectivity index (χ1n) is 4.85. The Hall–Kier alpha value is -1.12. The molecule has 1 unspecified atom stereocenters. The highest BCUT2D eigenvalue weighted by Crippen LogP contribution is 1.92. The first-order valence-corrected chi connectivity index (χ1v) is 4.85. The van der Waals surface area contributed by atoms with Gasteiger partial charge in [-0.1, -0.05) is 0 Å². The maximum Gasteiger partial charge on any atom is 0.236 e. The molecule has 78 valence electrons. The van der Waals surface area contributed by atoms with E-state index in [0.717, 1.165) is 26.2 Å². The summed E-state index contributed by atoms with van der Waals surface area (Å²) < 4.78 is 0. The zero-order valence-corrected chi connectivity index (χ0v) is 8.42. The van der Waals surface area contributed by atoms with Gasteiger partial charge in [0.2, 0.25) is 5.91 Å². The van der Waals surface area contributed by atoms with Crippen LogP contribution in [0, 0.1) is 11.3 Å². The van der Waals surface area contributed by atoms with Crippen LogP contribution in [0.25, 0.3) is 0 Å². The van der Waals surface area contributed by atoms with E-state index in [2.05, 4.69) is 10.6 Å². The lowest BCUT2D eigenvalue weighted by molar-refractivity contribution is -0.130. The number of piperazine rings is 1. The third-order valence-electron chi connectivity index (χ3n) is 2.22. The standard InChI is InChI=1S/C9H16N4O/c1-8(6-10)12-7-9(14)13-4-2-11-3-5-13/h8,11-12H,2-5,7H2,1H3. The molecule has 0 spiro atoms. The minimum atomic E-state index is -0.262. The van der Waals surface area contributed by atoms with Gasteiger partial charge in [0.1, 0.15) is 0 Å². The summed E-state index contributed by atoms with van der Waals surface area (Å²) in [6.07, 6.45) is 0. The van der Waals surface area contributed by atoms with Crippen molar-refractivity contribution in [3.63, 3.8) is 0 Å². The number of hydrogen-bond acceptors (Lipinski definition) is 4. The fourth-order valence-electron chi connectivity index (χ4n) is 1.31. The normalized spacial score (nSPS) is 18.7. The fourth-order valence-corrected chi connectivity index (χ4v) is 1.31. The predicted octanol–water partition coefficient (Wildman–Crippen LogP) is -1.08. The minimum Gasteiger partial charge on any atom is -0.339 e. The predicted molar refractivity (Wildman–Crippen MR) is 52.5 cm³/mol. The van der Waals surface area contributed by atoms with Crippen molar-refractivity contribution in [2.75, 3.05) is 32.7 Å². The van der Waals surface area contributed by atoms with E-state index in [1.165, 1.54) is 0 Å². The second-order valence-electron chi connectivity index (χ2n) is 3.36. The molecule has 0 aromatic heterocycles. The number of nitriles is 1. The van der Waals surface area contributed by atoms with Gasteiger partial charge in [-0.15, -0.1) is 0 Å². The minimum absolute atomic E-state index is 0.0774. The summed E-state index contributed by atoms with van der Waals surface area (Å²) in [5.41, 5.74) is 0. The van der Waals surface area contributed by atoms with Crippen molar-refractivity contribution in [2.45, 2.75) is 13.0 Å². The number of hydrogen-bond donors (Lipinski definition) is 2. The van der Waals surface area contributed by atoms with Crippen LogP contribution in [0.15, 0.2) is 0 Å². The van der Waals surface area contributed by atoms with Crippen LogP contribution in [0.4, 0.5) is 0 Å². The van der Waals surface area contributed by atoms with Crippen molar-refractivity contribution >= 4 is 5.91 Å². The Morgan fingerprint density at radius 3 is 2.86 bits per heavy atom. The molecule has 1 aliphatic rings. The third-order valence-corrected chi connectivity index (χ3v) is 2.22. The van der Waals surface area contributed by atoms with Crippen molar-refractivity contribution in [3.8, 4) is 6.07 Å². The molecule has 2 N–H and O–H groups in total. The highest BCUT2D eigenvalue weighted by Gasteiger charge is 2.15. The van der Waals surface area contributed by atoms with Gasteiger partial charge in [0.15, 0.2) is 0 Å². The SMILES string of the molecule is CC(C#N)NCC(=O)N1CCNCC1. The van der Waals surface area contributed by atoms with Crippen LogP contribution in [-0.4, -0.2) is 49.6 Å². The second-order valence-corrected chi connectivity index (χ2v) is 3.36. The van der Waals surface area contributed by atoms with E-state index in [9.17, 15) is 4.79 Å². The smallest absolute Gasteiger partial charge is 0.236 e. The molecule has 0 aromatic rings. The average molecular weight is 196 g/mol. The number of nitrogens with one attached hydrogen (secondary N) is 2. The van der Waals surface area contributed by atoms with Crippen LogP contribution in [0.2, 0.25) is 0 Å². The zero-order valence-electron chi connectivity index (χ0n) is 8.42. The highest BCUT2D eigenvalue weighted by atomic mass is 16.2. The van der Waals surface area contributed by atoms with Crippen LogP contribution >= 0.6 is 0 Å². The van der Waals surface area contributed by atoms with Crippen LogP contribution in [0.1, 0.15) is 6.92 Å². The van der Waals surface area contributed by atoms with Crippen LogP contribution in [0.3, 0.4) is 0 Å². The van der Waals surface area contributed by atoms with Crippen LogP contribution < -0.4 is 10.6 Å². The van der Waals surface area contributed by atoms with E-state index in [4.69, 9.17) is 5.26 Å². The summed E-state index contributed by atoms with van der Waals surface area (Å²) in [5, 5.41) is 14.5. The Labute approximate surface area is 84.1 Å². The molecule has 1 amide bonds.